The first-order valence-corrected chi connectivity index (χ1v) is 8.04. The van der Waals surface area contributed by atoms with E-state index in [-0.39, 0.29) is 0 Å². The fourth-order valence-corrected chi connectivity index (χ4v) is 3.63. The minimum Gasteiger partial charge on any atom is -0.389 e. The Bertz CT molecular complexity index is 528. The van der Waals surface area contributed by atoms with Crippen molar-refractivity contribution in [3.63, 3.8) is 0 Å². The molecular weight excluding hydrogens is 282 g/mol. The summed E-state index contributed by atoms with van der Waals surface area (Å²) in [6, 6.07) is 6.82. The lowest BCUT2D eigenvalue weighted by atomic mass is 10.1. The third kappa shape index (κ3) is 3.05. The maximum Gasteiger partial charge on any atom is 0.106 e. The number of rotatable bonds is 3. The number of para-hydroxylation sites is 1. The van der Waals surface area contributed by atoms with Crippen LogP contribution in [0.1, 0.15) is 17.5 Å². The Morgan fingerprint density at radius 2 is 2.05 bits per heavy atom. The second kappa shape index (κ2) is 6.30. The lowest BCUT2D eigenvalue weighted by molar-refractivity contribution is 0.0209. The fourth-order valence-electron chi connectivity index (χ4n) is 3.46. The molecule has 2 heterocycles. The number of aryl methyl sites for hydroxylation is 1. The summed E-state index contributed by atoms with van der Waals surface area (Å²) in [5.41, 5.74) is 9.39. The molecule has 114 valence electrons. The summed E-state index contributed by atoms with van der Waals surface area (Å²) < 4.78 is 5.45. The monoisotopic (exact) mass is 305 g/mol. The van der Waals surface area contributed by atoms with Gasteiger partial charge in [0.05, 0.1) is 13.2 Å². The SMILES string of the molecule is Cc1cccc(C(N)=S)c1N1CCC(N2CCOCC2)C1. The van der Waals surface area contributed by atoms with Gasteiger partial charge in [-0.25, -0.2) is 0 Å². The smallest absolute Gasteiger partial charge is 0.106 e. The highest BCUT2D eigenvalue weighted by Gasteiger charge is 2.30. The summed E-state index contributed by atoms with van der Waals surface area (Å²) in [7, 11) is 0. The molecule has 1 atom stereocenters. The zero-order valence-corrected chi connectivity index (χ0v) is 13.4. The van der Waals surface area contributed by atoms with Crippen molar-refractivity contribution in [2.24, 2.45) is 5.73 Å². The van der Waals surface area contributed by atoms with Gasteiger partial charge in [-0.1, -0.05) is 24.4 Å². The summed E-state index contributed by atoms with van der Waals surface area (Å²) in [5.74, 6) is 0. The van der Waals surface area contributed by atoms with E-state index in [9.17, 15) is 0 Å². The Morgan fingerprint density at radius 1 is 1.29 bits per heavy atom. The lowest BCUT2D eigenvalue weighted by Crippen LogP contribution is -2.44. The van der Waals surface area contributed by atoms with Crippen LogP contribution in [0.15, 0.2) is 18.2 Å². The van der Waals surface area contributed by atoms with Gasteiger partial charge < -0.3 is 15.4 Å². The van der Waals surface area contributed by atoms with Gasteiger partial charge in [0, 0.05) is 43.5 Å². The molecule has 5 heteroatoms. The van der Waals surface area contributed by atoms with Gasteiger partial charge in [-0.2, -0.15) is 0 Å². The highest BCUT2D eigenvalue weighted by molar-refractivity contribution is 7.80. The number of nitrogens with two attached hydrogens (primary N) is 1. The molecule has 2 saturated heterocycles. The number of nitrogens with zero attached hydrogens (tertiary/aromatic N) is 2. The number of hydrogen-bond acceptors (Lipinski definition) is 4. The molecule has 3 rings (SSSR count). The molecule has 1 aromatic carbocycles. The zero-order chi connectivity index (χ0) is 14.8. The van der Waals surface area contributed by atoms with Crippen LogP contribution in [0.25, 0.3) is 0 Å². The van der Waals surface area contributed by atoms with Crippen molar-refractivity contribution in [3.05, 3.63) is 29.3 Å². The second-order valence-electron chi connectivity index (χ2n) is 5.87. The van der Waals surface area contributed by atoms with E-state index in [1.54, 1.807) is 0 Å². The first kappa shape index (κ1) is 14.8. The molecule has 1 unspecified atom stereocenters. The topological polar surface area (TPSA) is 41.7 Å². The average molecular weight is 305 g/mol. The van der Waals surface area contributed by atoms with E-state index < -0.39 is 0 Å². The molecule has 0 saturated carbocycles. The second-order valence-corrected chi connectivity index (χ2v) is 6.31. The van der Waals surface area contributed by atoms with E-state index in [0.717, 1.165) is 45.0 Å². The number of morpholine rings is 1. The number of anilines is 1. The van der Waals surface area contributed by atoms with Crippen LogP contribution in [0.4, 0.5) is 5.69 Å². The van der Waals surface area contributed by atoms with Crippen LogP contribution in [-0.2, 0) is 4.74 Å². The molecule has 2 aliphatic rings. The fraction of sp³-hybridized carbons (Fsp3) is 0.562. The maximum absolute atomic E-state index is 5.91. The summed E-state index contributed by atoms with van der Waals surface area (Å²) in [4.78, 5) is 5.50. The van der Waals surface area contributed by atoms with E-state index in [4.69, 9.17) is 22.7 Å². The standard InChI is InChI=1S/C16H23N3OS/c1-12-3-2-4-14(16(17)21)15(12)19-6-5-13(11-19)18-7-9-20-10-8-18/h2-4,13H,5-11H2,1H3,(H2,17,21). The lowest BCUT2D eigenvalue weighted by Gasteiger charge is -2.32. The Morgan fingerprint density at radius 3 is 2.76 bits per heavy atom. The number of benzene rings is 1. The van der Waals surface area contributed by atoms with Crippen LogP contribution in [0.2, 0.25) is 0 Å². The van der Waals surface area contributed by atoms with E-state index in [1.165, 1.54) is 17.7 Å². The van der Waals surface area contributed by atoms with E-state index in [0.29, 0.717) is 11.0 Å². The Kier molecular flexibility index (Phi) is 4.42. The van der Waals surface area contributed by atoms with Crippen molar-refractivity contribution in [1.29, 1.82) is 0 Å². The Labute approximate surface area is 131 Å². The van der Waals surface area contributed by atoms with Crippen LogP contribution < -0.4 is 10.6 Å². The van der Waals surface area contributed by atoms with Crippen LogP contribution in [0.3, 0.4) is 0 Å². The molecule has 0 aromatic heterocycles. The van der Waals surface area contributed by atoms with Gasteiger partial charge in [-0.15, -0.1) is 0 Å². The number of hydrogen-bond donors (Lipinski definition) is 1. The van der Waals surface area contributed by atoms with Gasteiger partial charge in [0.15, 0.2) is 0 Å². The van der Waals surface area contributed by atoms with Crippen LogP contribution in [0, 0.1) is 6.92 Å². The molecule has 0 aliphatic carbocycles. The molecule has 0 radical (unpaired) electrons. The van der Waals surface area contributed by atoms with Gasteiger partial charge in [-0.05, 0) is 25.0 Å². The molecule has 2 aliphatic heterocycles. The molecule has 21 heavy (non-hydrogen) atoms. The van der Waals surface area contributed by atoms with E-state index >= 15 is 0 Å². The van der Waals surface area contributed by atoms with Crippen molar-refractivity contribution in [2.75, 3.05) is 44.3 Å². The summed E-state index contributed by atoms with van der Waals surface area (Å²) in [5, 5.41) is 0. The highest BCUT2D eigenvalue weighted by Crippen LogP contribution is 2.30. The third-order valence-electron chi connectivity index (χ3n) is 4.54. The first-order chi connectivity index (χ1) is 10.2. The Hall–Kier alpha value is -1.17. The number of ether oxygens (including phenoxy) is 1. The molecule has 0 spiro atoms. The van der Waals surface area contributed by atoms with Crippen LogP contribution in [-0.4, -0.2) is 55.3 Å². The van der Waals surface area contributed by atoms with Crippen molar-refractivity contribution in [1.82, 2.24) is 4.90 Å². The van der Waals surface area contributed by atoms with Crippen molar-refractivity contribution in [2.45, 2.75) is 19.4 Å². The molecule has 2 N–H and O–H groups in total. The van der Waals surface area contributed by atoms with Crippen molar-refractivity contribution >= 4 is 22.9 Å². The van der Waals surface area contributed by atoms with Gasteiger partial charge in [0.2, 0.25) is 0 Å². The summed E-state index contributed by atoms with van der Waals surface area (Å²) >= 11 is 5.22. The van der Waals surface area contributed by atoms with E-state index in [2.05, 4.69) is 22.8 Å². The predicted molar refractivity (Wildman–Crippen MR) is 90.1 cm³/mol. The minimum absolute atomic E-state index is 0.489. The largest absolute Gasteiger partial charge is 0.389 e. The normalized spacial score (nSPS) is 23.5. The molecule has 2 fully saturated rings. The van der Waals surface area contributed by atoms with Gasteiger partial charge in [0.25, 0.3) is 0 Å². The molecule has 1 aromatic rings. The van der Waals surface area contributed by atoms with Crippen LogP contribution in [0.5, 0.6) is 0 Å². The molecule has 0 amide bonds. The summed E-state index contributed by atoms with van der Waals surface area (Å²) in [6.07, 6.45) is 1.20. The highest BCUT2D eigenvalue weighted by atomic mass is 32.1. The van der Waals surface area contributed by atoms with Crippen LogP contribution >= 0.6 is 12.2 Å². The average Bonchev–Trinajstić information content (AvgIpc) is 2.97. The van der Waals surface area contributed by atoms with E-state index in [1.807, 2.05) is 12.1 Å². The Balaban J connectivity index is 1.78. The van der Waals surface area contributed by atoms with Gasteiger partial charge in [-0.3, -0.25) is 4.90 Å². The first-order valence-electron chi connectivity index (χ1n) is 7.63. The van der Waals surface area contributed by atoms with Crippen molar-refractivity contribution < 1.29 is 4.74 Å². The minimum atomic E-state index is 0.489. The van der Waals surface area contributed by atoms with Gasteiger partial charge in [0.1, 0.15) is 4.99 Å². The summed E-state index contributed by atoms with van der Waals surface area (Å²) in [6.45, 7) is 8.09. The molecule has 4 nitrogen and oxygen atoms in total. The van der Waals surface area contributed by atoms with Crippen molar-refractivity contribution in [3.8, 4) is 0 Å². The molecule has 0 bridgehead atoms. The number of thiocarbonyl (C=S) groups is 1. The zero-order valence-electron chi connectivity index (χ0n) is 12.5. The molecular formula is C16H23N3OS. The maximum atomic E-state index is 5.91. The van der Waals surface area contributed by atoms with Gasteiger partial charge >= 0.3 is 0 Å². The quantitative estimate of drug-likeness (QED) is 0.858. The predicted octanol–water partition coefficient (Wildman–Crippen LogP) is 1.54. The third-order valence-corrected chi connectivity index (χ3v) is 4.76.